The Morgan fingerprint density at radius 2 is 2.26 bits per heavy atom. The number of hydrogen-bond donors (Lipinski definition) is 2. The van der Waals surface area contributed by atoms with Crippen LogP contribution in [-0.4, -0.2) is 35.1 Å². The third kappa shape index (κ3) is 2.49. The maximum Gasteiger partial charge on any atom is 0.337 e. The van der Waals surface area contributed by atoms with Crippen molar-refractivity contribution in [2.75, 3.05) is 18.0 Å². The molecule has 7 heteroatoms. The highest BCUT2D eigenvalue weighted by Gasteiger charge is 2.39. The first-order chi connectivity index (χ1) is 8.83. The van der Waals surface area contributed by atoms with Gasteiger partial charge in [0.1, 0.15) is 5.82 Å². The zero-order chi connectivity index (χ0) is 14.2. The van der Waals surface area contributed by atoms with Crippen molar-refractivity contribution >= 4 is 29.3 Å². The van der Waals surface area contributed by atoms with Gasteiger partial charge in [0.2, 0.25) is 5.91 Å². The van der Waals surface area contributed by atoms with E-state index >= 15 is 0 Å². The van der Waals surface area contributed by atoms with Gasteiger partial charge in [0.05, 0.1) is 16.0 Å². The first kappa shape index (κ1) is 13.6. The molecule has 1 saturated heterocycles. The fourth-order valence-electron chi connectivity index (χ4n) is 2.12. The Balaban J connectivity index is 2.25. The number of nitrogens with zero attached hydrogens (tertiary/aromatic N) is 2. The summed E-state index contributed by atoms with van der Waals surface area (Å²) in [5.41, 5.74) is 4.81. The predicted octanol–water partition coefficient (Wildman–Crippen LogP) is 1.13. The normalized spacial score (nSPS) is 22.5. The minimum atomic E-state index is -1.08. The van der Waals surface area contributed by atoms with Crippen molar-refractivity contribution in [1.82, 2.24) is 4.98 Å². The second-order valence-corrected chi connectivity index (χ2v) is 5.34. The molecule has 0 bridgehead atoms. The summed E-state index contributed by atoms with van der Waals surface area (Å²) in [4.78, 5) is 28.1. The van der Waals surface area contributed by atoms with E-state index in [0.29, 0.717) is 25.3 Å². The van der Waals surface area contributed by atoms with E-state index in [1.807, 2.05) is 4.90 Å². The summed E-state index contributed by atoms with van der Waals surface area (Å²) in [6, 6.07) is 1.35. The van der Waals surface area contributed by atoms with Gasteiger partial charge in [-0.05, 0) is 19.4 Å². The maximum absolute atomic E-state index is 11.4. The zero-order valence-corrected chi connectivity index (χ0v) is 11.1. The van der Waals surface area contributed by atoms with E-state index in [0.717, 1.165) is 0 Å². The summed E-state index contributed by atoms with van der Waals surface area (Å²) in [7, 11) is 0. The molecule has 1 atom stereocenters. The molecule has 1 aromatic heterocycles. The topological polar surface area (TPSA) is 96.5 Å². The van der Waals surface area contributed by atoms with E-state index in [4.69, 9.17) is 22.4 Å². The standard InChI is InChI=1S/C12H14ClN3O3/c1-12(11(14)19)2-3-16(6-12)9-8(13)4-7(5-15-9)10(17)18/h4-5H,2-3,6H2,1H3,(H2,14,19)(H,17,18). The fourth-order valence-corrected chi connectivity index (χ4v) is 2.41. The summed E-state index contributed by atoms with van der Waals surface area (Å²) in [6.07, 6.45) is 1.88. The number of anilines is 1. The van der Waals surface area contributed by atoms with Crippen LogP contribution in [0.15, 0.2) is 12.3 Å². The van der Waals surface area contributed by atoms with Crippen molar-refractivity contribution in [1.29, 1.82) is 0 Å². The summed E-state index contributed by atoms with van der Waals surface area (Å²) in [6.45, 7) is 2.84. The second-order valence-electron chi connectivity index (χ2n) is 4.93. The number of rotatable bonds is 3. The van der Waals surface area contributed by atoms with Gasteiger partial charge >= 0.3 is 5.97 Å². The van der Waals surface area contributed by atoms with E-state index in [-0.39, 0.29) is 16.5 Å². The van der Waals surface area contributed by atoms with Gasteiger partial charge in [0.25, 0.3) is 0 Å². The zero-order valence-electron chi connectivity index (χ0n) is 10.4. The van der Waals surface area contributed by atoms with E-state index < -0.39 is 11.4 Å². The Morgan fingerprint density at radius 1 is 1.58 bits per heavy atom. The first-order valence-electron chi connectivity index (χ1n) is 5.77. The Bertz CT molecular complexity index is 549. The van der Waals surface area contributed by atoms with Gasteiger partial charge in [0, 0.05) is 19.3 Å². The molecule has 0 aromatic carbocycles. The third-order valence-electron chi connectivity index (χ3n) is 3.44. The number of carbonyl (C=O) groups is 2. The third-order valence-corrected chi connectivity index (χ3v) is 3.71. The van der Waals surface area contributed by atoms with Crippen LogP contribution in [0.2, 0.25) is 5.02 Å². The lowest BCUT2D eigenvalue weighted by molar-refractivity contribution is -0.125. The number of carboxylic acid groups (broad SMARTS) is 1. The number of halogens is 1. The molecule has 1 fully saturated rings. The number of nitrogens with two attached hydrogens (primary N) is 1. The minimum Gasteiger partial charge on any atom is -0.478 e. The highest BCUT2D eigenvalue weighted by molar-refractivity contribution is 6.33. The van der Waals surface area contributed by atoms with Crippen LogP contribution in [0.3, 0.4) is 0 Å². The summed E-state index contributed by atoms with van der Waals surface area (Å²) >= 11 is 6.04. The summed E-state index contributed by atoms with van der Waals surface area (Å²) in [5.74, 6) is -0.950. The quantitative estimate of drug-likeness (QED) is 0.867. The van der Waals surface area contributed by atoms with Crippen molar-refractivity contribution in [3.05, 3.63) is 22.8 Å². The molecule has 19 heavy (non-hydrogen) atoms. The van der Waals surface area contributed by atoms with Gasteiger partial charge < -0.3 is 15.7 Å². The lowest BCUT2D eigenvalue weighted by atomic mass is 9.89. The van der Waals surface area contributed by atoms with E-state index in [1.54, 1.807) is 6.92 Å². The molecule has 0 spiro atoms. The number of carboxylic acids is 1. The lowest BCUT2D eigenvalue weighted by Gasteiger charge is -2.22. The van der Waals surface area contributed by atoms with Crippen LogP contribution in [0.5, 0.6) is 0 Å². The van der Waals surface area contributed by atoms with Crippen LogP contribution in [0.25, 0.3) is 0 Å². The monoisotopic (exact) mass is 283 g/mol. The minimum absolute atomic E-state index is 0.0330. The predicted molar refractivity (Wildman–Crippen MR) is 70.3 cm³/mol. The number of amides is 1. The van der Waals surface area contributed by atoms with E-state index in [1.165, 1.54) is 12.3 Å². The van der Waals surface area contributed by atoms with E-state index in [2.05, 4.69) is 4.98 Å². The van der Waals surface area contributed by atoms with Crippen molar-refractivity contribution in [3.63, 3.8) is 0 Å². The average Bonchev–Trinajstić information content (AvgIpc) is 2.73. The molecule has 1 aliphatic heterocycles. The molecule has 6 nitrogen and oxygen atoms in total. The molecule has 102 valence electrons. The number of aromatic carboxylic acids is 1. The van der Waals surface area contributed by atoms with Gasteiger partial charge in [-0.1, -0.05) is 11.6 Å². The summed E-state index contributed by atoms with van der Waals surface area (Å²) in [5, 5.41) is 9.11. The smallest absolute Gasteiger partial charge is 0.337 e. The Kier molecular flexibility index (Phi) is 3.36. The fraction of sp³-hybridized carbons (Fsp3) is 0.417. The molecule has 0 aliphatic carbocycles. The van der Waals surface area contributed by atoms with Crippen molar-refractivity contribution in [2.45, 2.75) is 13.3 Å². The van der Waals surface area contributed by atoms with Crippen molar-refractivity contribution < 1.29 is 14.7 Å². The van der Waals surface area contributed by atoms with Gasteiger partial charge in [-0.2, -0.15) is 0 Å². The maximum atomic E-state index is 11.4. The molecular weight excluding hydrogens is 270 g/mol. The number of carbonyl (C=O) groups excluding carboxylic acids is 1. The highest BCUT2D eigenvalue weighted by atomic mass is 35.5. The Labute approximate surface area is 115 Å². The average molecular weight is 284 g/mol. The van der Waals surface area contributed by atoms with Gasteiger partial charge in [-0.15, -0.1) is 0 Å². The van der Waals surface area contributed by atoms with E-state index in [9.17, 15) is 9.59 Å². The van der Waals surface area contributed by atoms with Gasteiger partial charge in [-0.3, -0.25) is 4.79 Å². The van der Waals surface area contributed by atoms with Crippen LogP contribution < -0.4 is 10.6 Å². The van der Waals surface area contributed by atoms with Crippen LogP contribution >= 0.6 is 11.6 Å². The number of aromatic nitrogens is 1. The van der Waals surface area contributed by atoms with Crippen LogP contribution in [0.4, 0.5) is 5.82 Å². The molecule has 0 radical (unpaired) electrons. The first-order valence-corrected chi connectivity index (χ1v) is 6.15. The summed E-state index contributed by atoms with van der Waals surface area (Å²) < 4.78 is 0. The lowest BCUT2D eigenvalue weighted by Crippen LogP contribution is -2.37. The number of hydrogen-bond acceptors (Lipinski definition) is 4. The molecule has 1 amide bonds. The molecule has 0 saturated carbocycles. The van der Waals surface area contributed by atoms with Crippen LogP contribution in [0.1, 0.15) is 23.7 Å². The van der Waals surface area contributed by atoms with Crippen LogP contribution in [0, 0.1) is 5.41 Å². The molecule has 1 aliphatic rings. The Hall–Kier alpha value is -1.82. The number of primary amides is 1. The molecule has 2 rings (SSSR count). The molecule has 3 N–H and O–H groups in total. The molecule has 1 aromatic rings. The molecular formula is C12H14ClN3O3. The van der Waals surface area contributed by atoms with Crippen LogP contribution in [-0.2, 0) is 4.79 Å². The highest BCUT2D eigenvalue weighted by Crippen LogP contribution is 2.35. The van der Waals surface area contributed by atoms with Gasteiger partial charge in [-0.25, -0.2) is 9.78 Å². The SMILES string of the molecule is CC1(C(N)=O)CCN(c2ncc(C(=O)O)cc2Cl)C1. The van der Waals surface area contributed by atoms with Crippen molar-refractivity contribution in [3.8, 4) is 0 Å². The second kappa shape index (κ2) is 4.70. The largest absolute Gasteiger partial charge is 0.478 e. The van der Waals surface area contributed by atoms with Crippen molar-refractivity contribution in [2.24, 2.45) is 11.1 Å². The number of pyridine rings is 1. The Morgan fingerprint density at radius 3 is 2.74 bits per heavy atom. The molecule has 2 heterocycles. The molecule has 1 unspecified atom stereocenters. The van der Waals surface area contributed by atoms with Gasteiger partial charge in [0.15, 0.2) is 0 Å².